The van der Waals surface area contributed by atoms with Gasteiger partial charge in [0.2, 0.25) is 0 Å². The van der Waals surface area contributed by atoms with E-state index < -0.39 is 16.6 Å². The highest BCUT2D eigenvalue weighted by Gasteiger charge is 2.53. The van der Waals surface area contributed by atoms with Crippen LogP contribution in [0.3, 0.4) is 0 Å². The van der Waals surface area contributed by atoms with Crippen LogP contribution >= 0.6 is 0 Å². The molecule has 0 heterocycles. The van der Waals surface area contributed by atoms with E-state index in [0.717, 1.165) is 50.7 Å². The highest BCUT2D eigenvalue weighted by Crippen LogP contribution is 2.42. The molecule has 288 valence electrons. The van der Waals surface area contributed by atoms with Crippen LogP contribution in [0.1, 0.15) is 106 Å². The van der Waals surface area contributed by atoms with Crippen LogP contribution in [-0.4, -0.2) is 35.1 Å². The normalized spacial score (nSPS) is 21.0. The summed E-state index contributed by atoms with van der Waals surface area (Å²) >= 11 is 0. The van der Waals surface area contributed by atoms with Crippen LogP contribution in [0.25, 0.3) is 0 Å². The SMILES string of the molecule is C=CCC1CCCC(O[Si](c2ccccc2)(c2ccccc2)C(C)(C)C)C1.CC(C)(C)[Si](OC1CCCC(CC=O)C1)(c1ccccc1)c1ccccc1. The lowest BCUT2D eigenvalue weighted by Gasteiger charge is -2.46. The van der Waals surface area contributed by atoms with Crippen LogP contribution < -0.4 is 20.7 Å². The highest BCUT2D eigenvalue weighted by molar-refractivity contribution is 7.00. The van der Waals surface area contributed by atoms with Gasteiger partial charge < -0.3 is 13.6 Å². The lowest BCUT2D eigenvalue weighted by atomic mass is 9.85. The van der Waals surface area contributed by atoms with Gasteiger partial charge in [-0.3, -0.25) is 0 Å². The highest BCUT2D eigenvalue weighted by atomic mass is 28.4. The number of carbonyl (C=O) groups excluding carboxylic acids is 1. The maximum Gasteiger partial charge on any atom is 0.261 e. The maximum atomic E-state index is 11.0. The minimum absolute atomic E-state index is 0.00725. The molecule has 3 nitrogen and oxygen atoms in total. The largest absolute Gasteiger partial charge is 0.404 e. The molecule has 0 saturated heterocycles. The first kappa shape index (κ1) is 41.8. The number of rotatable bonds is 12. The zero-order valence-electron chi connectivity index (χ0n) is 34.0. The van der Waals surface area contributed by atoms with E-state index in [4.69, 9.17) is 8.85 Å². The van der Waals surface area contributed by atoms with Crippen molar-refractivity contribution in [2.75, 3.05) is 0 Å². The molecule has 0 aliphatic heterocycles. The second-order valence-corrected chi connectivity index (χ2v) is 26.3. The van der Waals surface area contributed by atoms with Crippen LogP contribution in [-0.2, 0) is 13.6 Å². The molecule has 0 spiro atoms. The zero-order valence-corrected chi connectivity index (χ0v) is 36.0. The summed E-state index contributed by atoms with van der Waals surface area (Å²) in [6.45, 7) is 18.0. The van der Waals surface area contributed by atoms with Gasteiger partial charge in [-0.25, -0.2) is 0 Å². The van der Waals surface area contributed by atoms with Crippen molar-refractivity contribution in [2.24, 2.45) is 11.8 Å². The van der Waals surface area contributed by atoms with E-state index in [1.807, 2.05) is 0 Å². The number of benzene rings is 4. The molecule has 0 bridgehead atoms. The summed E-state index contributed by atoms with van der Waals surface area (Å²) in [6.07, 6.45) is 14.8. The van der Waals surface area contributed by atoms with E-state index >= 15 is 0 Å². The molecule has 4 unspecified atom stereocenters. The number of hydrogen-bond acceptors (Lipinski definition) is 3. The Kier molecular flexibility index (Phi) is 14.7. The zero-order chi connectivity index (χ0) is 38.7. The molecule has 0 radical (unpaired) electrons. The third kappa shape index (κ3) is 9.71. The third-order valence-electron chi connectivity index (χ3n) is 11.9. The average Bonchev–Trinajstić information content (AvgIpc) is 3.17. The van der Waals surface area contributed by atoms with E-state index in [-0.39, 0.29) is 16.2 Å². The van der Waals surface area contributed by atoms with Gasteiger partial charge in [0.1, 0.15) is 6.29 Å². The molecule has 5 heteroatoms. The average molecular weight is 759 g/mol. The minimum atomic E-state index is -2.48. The Bertz CT molecular complexity index is 1490. The predicted molar refractivity (Wildman–Crippen MR) is 234 cm³/mol. The van der Waals surface area contributed by atoms with E-state index in [1.54, 1.807) is 0 Å². The van der Waals surface area contributed by atoms with Crippen LogP contribution in [0, 0.1) is 11.8 Å². The Morgan fingerprint density at radius 3 is 1.13 bits per heavy atom. The maximum absolute atomic E-state index is 11.0. The van der Waals surface area contributed by atoms with Crippen LogP contribution in [0.15, 0.2) is 134 Å². The van der Waals surface area contributed by atoms with Gasteiger partial charge in [0, 0.05) is 18.6 Å². The molecule has 2 aliphatic rings. The third-order valence-corrected chi connectivity index (χ3v) is 22.1. The Balaban J connectivity index is 0.000000208. The minimum Gasteiger partial charge on any atom is -0.404 e. The van der Waals surface area contributed by atoms with Crippen molar-refractivity contribution >= 4 is 43.7 Å². The first-order chi connectivity index (χ1) is 25.9. The van der Waals surface area contributed by atoms with Crippen molar-refractivity contribution in [3.63, 3.8) is 0 Å². The van der Waals surface area contributed by atoms with Gasteiger partial charge in [0.05, 0.1) is 0 Å². The first-order valence-electron chi connectivity index (χ1n) is 20.6. The van der Waals surface area contributed by atoms with Crippen molar-refractivity contribution in [1.29, 1.82) is 0 Å². The second kappa shape index (κ2) is 19.0. The Labute approximate surface area is 329 Å². The van der Waals surface area contributed by atoms with Crippen molar-refractivity contribution in [1.82, 2.24) is 0 Å². The second-order valence-electron chi connectivity index (χ2n) is 17.8. The summed E-state index contributed by atoms with van der Waals surface area (Å²) in [5.41, 5.74) is 0. The van der Waals surface area contributed by atoms with Crippen molar-refractivity contribution in [3.05, 3.63) is 134 Å². The molecule has 54 heavy (non-hydrogen) atoms. The van der Waals surface area contributed by atoms with Crippen LogP contribution in [0.4, 0.5) is 0 Å². The van der Waals surface area contributed by atoms with E-state index in [9.17, 15) is 4.79 Å². The van der Waals surface area contributed by atoms with Gasteiger partial charge in [-0.1, -0.05) is 182 Å². The monoisotopic (exact) mass is 758 g/mol. The molecule has 0 amide bonds. The molecule has 2 saturated carbocycles. The molecule has 2 fully saturated rings. The van der Waals surface area contributed by atoms with Gasteiger partial charge in [0.25, 0.3) is 16.6 Å². The summed E-state index contributed by atoms with van der Waals surface area (Å²) in [7, 11) is -4.89. The van der Waals surface area contributed by atoms with Gasteiger partial charge in [-0.15, -0.1) is 6.58 Å². The summed E-state index contributed by atoms with van der Waals surface area (Å²) in [6, 6.07) is 43.7. The quantitative estimate of drug-likeness (QED) is 0.0820. The fraction of sp³-hybridized carbons (Fsp3) is 0.449. The molecule has 2 aliphatic carbocycles. The molecule has 6 rings (SSSR count). The fourth-order valence-electron chi connectivity index (χ4n) is 9.38. The Morgan fingerprint density at radius 1 is 0.537 bits per heavy atom. The van der Waals surface area contributed by atoms with E-state index in [1.165, 1.54) is 40.0 Å². The summed E-state index contributed by atoms with van der Waals surface area (Å²) in [4.78, 5) is 11.0. The molecule has 4 aromatic carbocycles. The van der Waals surface area contributed by atoms with Crippen LogP contribution in [0.5, 0.6) is 0 Å². The number of carbonyl (C=O) groups is 1. The van der Waals surface area contributed by atoms with Crippen molar-refractivity contribution in [2.45, 2.75) is 128 Å². The molecule has 0 aromatic heterocycles. The molecular weight excluding hydrogens is 693 g/mol. The summed E-state index contributed by atoms with van der Waals surface area (Å²) in [5, 5.41) is 5.50. The molecule has 0 N–H and O–H groups in total. The number of aldehydes is 1. The van der Waals surface area contributed by atoms with Crippen molar-refractivity contribution < 1.29 is 13.6 Å². The smallest absolute Gasteiger partial charge is 0.261 e. The number of allylic oxidation sites excluding steroid dienone is 1. The molecule has 4 aromatic rings. The van der Waals surface area contributed by atoms with Gasteiger partial charge in [-0.2, -0.15) is 0 Å². The van der Waals surface area contributed by atoms with Gasteiger partial charge >= 0.3 is 0 Å². The lowest BCUT2D eigenvalue weighted by Crippen LogP contribution is -2.67. The predicted octanol–water partition coefficient (Wildman–Crippen LogP) is 10.4. The van der Waals surface area contributed by atoms with E-state index in [0.29, 0.717) is 18.4 Å². The summed E-state index contributed by atoms with van der Waals surface area (Å²) < 4.78 is 14.5. The fourth-order valence-corrected chi connectivity index (χ4v) is 18.8. The Morgan fingerprint density at radius 2 is 0.852 bits per heavy atom. The topological polar surface area (TPSA) is 35.5 Å². The summed E-state index contributed by atoms with van der Waals surface area (Å²) in [5.74, 6) is 1.19. The van der Waals surface area contributed by atoms with Gasteiger partial charge in [0.15, 0.2) is 0 Å². The van der Waals surface area contributed by atoms with Gasteiger partial charge in [-0.05, 0) is 87.6 Å². The standard InChI is InChI=1S/C25H34OSi.C24H32O2Si/c1-5-13-21-14-12-15-22(20-21)26-27(25(2,3)4,23-16-8-6-9-17-23)24-18-10-7-11-19-24;1-24(2,3)27(22-13-6-4-7-14-22,23-15-8-5-9-16-23)26-21-12-10-11-20(19-21)17-18-25/h5-11,16-19,21-22H,1,12-15,20H2,2-4H3;4-9,13-16,18,20-21H,10-12,17,19H2,1-3H3. The Hall–Kier alpha value is -3.36. The first-order valence-corrected chi connectivity index (χ1v) is 24.4. The van der Waals surface area contributed by atoms with Crippen LogP contribution in [0.2, 0.25) is 10.1 Å². The lowest BCUT2D eigenvalue weighted by molar-refractivity contribution is -0.109. The molecule has 4 atom stereocenters. The number of hydrogen-bond donors (Lipinski definition) is 0. The van der Waals surface area contributed by atoms with Crippen molar-refractivity contribution in [3.8, 4) is 0 Å². The van der Waals surface area contributed by atoms with E-state index in [2.05, 4.69) is 176 Å². The molecular formula is C49H66O3Si2.